The Bertz CT molecular complexity index is 560. The molecule has 1 aliphatic rings. The van der Waals surface area contributed by atoms with Crippen LogP contribution < -0.4 is 10.5 Å². The molecule has 1 aromatic carbocycles. The van der Waals surface area contributed by atoms with E-state index in [1.807, 2.05) is 0 Å². The van der Waals surface area contributed by atoms with Gasteiger partial charge in [0.2, 0.25) is 10.0 Å². The van der Waals surface area contributed by atoms with Crippen LogP contribution in [-0.2, 0) is 10.0 Å². The zero-order chi connectivity index (χ0) is 14.0. The Kier molecular flexibility index (Phi) is 4.23. The van der Waals surface area contributed by atoms with E-state index < -0.39 is 15.8 Å². The molecular weight excluding hydrogens is 267 g/mol. The molecule has 1 aliphatic carbocycles. The van der Waals surface area contributed by atoms with Crippen molar-refractivity contribution in [1.29, 1.82) is 0 Å². The summed E-state index contributed by atoms with van der Waals surface area (Å²) in [5.74, 6) is -0.581. The topological polar surface area (TPSA) is 72.2 Å². The van der Waals surface area contributed by atoms with Crippen LogP contribution in [-0.4, -0.2) is 21.0 Å². The van der Waals surface area contributed by atoms with E-state index >= 15 is 0 Å². The summed E-state index contributed by atoms with van der Waals surface area (Å²) < 4.78 is 40.7. The van der Waals surface area contributed by atoms with Gasteiger partial charge in [-0.25, -0.2) is 17.5 Å². The molecule has 3 N–H and O–H groups in total. The molecule has 2 atom stereocenters. The molecule has 4 nitrogen and oxygen atoms in total. The molecule has 0 radical (unpaired) electrons. The van der Waals surface area contributed by atoms with Crippen molar-refractivity contribution in [3.63, 3.8) is 0 Å². The van der Waals surface area contributed by atoms with Crippen LogP contribution in [0.4, 0.5) is 4.39 Å². The third-order valence-corrected chi connectivity index (χ3v) is 5.15. The van der Waals surface area contributed by atoms with Gasteiger partial charge in [-0.2, -0.15) is 0 Å². The second-order valence-corrected chi connectivity index (χ2v) is 6.77. The Balaban J connectivity index is 2.25. The third-order valence-electron chi connectivity index (χ3n) is 3.64. The minimum absolute atomic E-state index is 0.141. The quantitative estimate of drug-likeness (QED) is 0.882. The molecule has 1 fully saturated rings. The van der Waals surface area contributed by atoms with Crippen LogP contribution in [0.2, 0.25) is 0 Å². The lowest BCUT2D eigenvalue weighted by Crippen LogP contribution is -2.40. The van der Waals surface area contributed by atoms with Gasteiger partial charge in [-0.3, -0.25) is 0 Å². The predicted octanol–water partition coefficient (Wildman–Crippen LogP) is 1.54. The lowest BCUT2D eigenvalue weighted by atomic mass is 10.1. The van der Waals surface area contributed by atoms with E-state index in [2.05, 4.69) is 4.72 Å². The zero-order valence-electron chi connectivity index (χ0n) is 10.9. The molecule has 0 saturated heterocycles. The van der Waals surface area contributed by atoms with Gasteiger partial charge in [-0.05, 0) is 49.9 Å². The first kappa shape index (κ1) is 14.4. The van der Waals surface area contributed by atoms with Gasteiger partial charge in [0.25, 0.3) is 0 Å². The fourth-order valence-electron chi connectivity index (χ4n) is 2.55. The standard InChI is InChI=1S/C13H19FN2O2S/c1-9-5-6-11(14)13(7-9)19(17,18)16-12-4-2-3-10(12)8-15/h5-7,10,12,16H,2-4,8,15H2,1H3/t10-,12+/m0/s1. The Hall–Kier alpha value is -0.980. The third kappa shape index (κ3) is 3.13. The summed E-state index contributed by atoms with van der Waals surface area (Å²) >= 11 is 0. The number of sulfonamides is 1. The van der Waals surface area contributed by atoms with Gasteiger partial charge in [0.1, 0.15) is 10.7 Å². The molecule has 2 rings (SSSR count). The highest BCUT2D eigenvalue weighted by molar-refractivity contribution is 7.89. The Morgan fingerprint density at radius 1 is 1.42 bits per heavy atom. The fourth-order valence-corrected chi connectivity index (χ4v) is 4.06. The van der Waals surface area contributed by atoms with E-state index in [9.17, 15) is 12.8 Å². The molecule has 1 saturated carbocycles. The molecule has 0 heterocycles. The van der Waals surface area contributed by atoms with Crippen molar-refractivity contribution in [1.82, 2.24) is 4.72 Å². The molecule has 19 heavy (non-hydrogen) atoms. The lowest BCUT2D eigenvalue weighted by Gasteiger charge is -2.19. The highest BCUT2D eigenvalue weighted by Gasteiger charge is 2.31. The van der Waals surface area contributed by atoms with Gasteiger partial charge >= 0.3 is 0 Å². The number of benzene rings is 1. The maximum atomic E-state index is 13.7. The van der Waals surface area contributed by atoms with Crippen molar-refractivity contribution in [3.8, 4) is 0 Å². The number of aryl methyl sites for hydroxylation is 1. The van der Waals surface area contributed by atoms with Crippen molar-refractivity contribution in [3.05, 3.63) is 29.6 Å². The zero-order valence-corrected chi connectivity index (χ0v) is 11.7. The molecule has 0 aliphatic heterocycles. The number of hydrogen-bond acceptors (Lipinski definition) is 3. The summed E-state index contributed by atoms with van der Waals surface area (Å²) in [6.07, 6.45) is 2.62. The number of hydrogen-bond donors (Lipinski definition) is 2. The van der Waals surface area contributed by atoms with E-state index in [0.29, 0.717) is 12.1 Å². The molecule has 0 bridgehead atoms. The number of rotatable bonds is 4. The van der Waals surface area contributed by atoms with Crippen LogP contribution in [0.5, 0.6) is 0 Å². The van der Waals surface area contributed by atoms with Gasteiger partial charge in [0.05, 0.1) is 0 Å². The minimum atomic E-state index is -3.82. The van der Waals surface area contributed by atoms with Crippen LogP contribution in [0.3, 0.4) is 0 Å². The van der Waals surface area contributed by atoms with Crippen LogP contribution in [0.15, 0.2) is 23.1 Å². The maximum absolute atomic E-state index is 13.7. The molecule has 0 spiro atoms. The van der Waals surface area contributed by atoms with Gasteiger partial charge < -0.3 is 5.73 Å². The monoisotopic (exact) mass is 286 g/mol. The predicted molar refractivity (Wildman–Crippen MR) is 71.6 cm³/mol. The highest BCUT2D eigenvalue weighted by atomic mass is 32.2. The van der Waals surface area contributed by atoms with E-state index in [0.717, 1.165) is 19.3 Å². The number of halogens is 1. The Morgan fingerprint density at radius 3 is 2.84 bits per heavy atom. The summed E-state index contributed by atoms with van der Waals surface area (Å²) in [5.41, 5.74) is 6.34. The molecule has 6 heteroatoms. The SMILES string of the molecule is Cc1ccc(F)c(S(=O)(=O)N[C@@H]2CCC[C@H]2CN)c1. The lowest BCUT2D eigenvalue weighted by molar-refractivity contribution is 0.451. The molecule has 1 aromatic rings. The van der Waals surface area contributed by atoms with E-state index in [1.165, 1.54) is 12.1 Å². The highest BCUT2D eigenvalue weighted by Crippen LogP contribution is 2.26. The van der Waals surface area contributed by atoms with Crippen molar-refractivity contribution >= 4 is 10.0 Å². The van der Waals surface area contributed by atoms with Crippen molar-refractivity contribution < 1.29 is 12.8 Å². The summed E-state index contributed by atoms with van der Waals surface area (Å²) in [6.45, 7) is 2.18. The maximum Gasteiger partial charge on any atom is 0.243 e. The van der Waals surface area contributed by atoms with Crippen molar-refractivity contribution in [2.45, 2.75) is 37.1 Å². The smallest absolute Gasteiger partial charge is 0.243 e. The molecule has 106 valence electrons. The van der Waals surface area contributed by atoms with Crippen molar-refractivity contribution in [2.75, 3.05) is 6.54 Å². The summed E-state index contributed by atoms with van der Waals surface area (Å²) in [4.78, 5) is -0.282. The average Bonchev–Trinajstić information content (AvgIpc) is 2.78. The normalized spacial score (nSPS) is 23.7. The molecule has 0 amide bonds. The first-order chi connectivity index (χ1) is 8.94. The number of nitrogens with one attached hydrogen (secondary N) is 1. The second kappa shape index (κ2) is 5.56. The molecular formula is C13H19FN2O2S. The Morgan fingerprint density at radius 2 is 2.16 bits per heavy atom. The van der Waals surface area contributed by atoms with E-state index in [-0.39, 0.29) is 16.9 Å². The first-order valence-electron chi connectivity index (χ1n) is 6.42. The van der Waals surface area contributed by atoms with Gasteiger partial charge in [0, 0.05) is 6.04 Å². The number of nitrogens with two attached hydrogens (primary N) is 1. The van der Waals surface area contributed by atoms with Gasteiger partial charge in [-0.15, -0.1) is 0 Å². The van der Waals surface area contributed by atoms with Crippen LogP contribution in [0, 0.1) is 18.7 Å². The van der Waals surface area contributed by atoms with E-state index in [4.69, 9.17) is 5.73 Å². The first-order valence-corrected chi connectivity index (χ1v) is 7.91. The summed E-state index contributed by atoms with van der Waals surface area (Å²) in [6, 6.07) is 3.89. The van der Waals surface area contributed by atoms with Crippen LogP contribution >= 0.6 is 0 Å². The average molecular weight is 286 g/mol. The van der Waals surface area contributed by atoms with Crippen LogP contribution in [0.25, 0.3) is 0 Å². The summed E-state index contributed by atoms with van der Waals surface area (Å²) in [7, 11) is -3.82. The summed E-state index contributed by atoms with van der Waals surface area (Å²) in [5, 5.41) is 0. The fraction of sp³-hybridized carbons (Fsp3) is 0.538. The van der Waals surface area contributed by atoms with Crippen LogP contribution in [0.1, 0.15) is 24.8 Å². The van der Waals surface area contributed by atoms with E-state index in [1.54, 1.807) is 13.0 Å². The molecule has 0 unspecified atom stereocenters. The second-order valence-electron chi connectivity index (χ2n) is 5.09. The van der Waals surface area contributed by atoms with Gasteiger partial charge in [-0.1, -0.05) is 12.5 Å². The van der Waals surface area contributed by atoms with Crippen molar-refractivity contribution in [2.24, 2.45) is 11.7 Å². The Labute approximate surface area is 113 Å². The largest absolute Gasteiger partial charge is 0.330 e. The van der Waals surface area contributed by atoms with Gasteiger partial charge in [0.15, 0.2) is 0 Å². The minimum Gasteiger partial charge on any atom is -0.330 e. The molecule has 0 aromatic heterocycles.